The zero-order chi connectivity index (χ0) is 18.7. The normalized spacial score (nSPS) is 12.0. The molecule has 1 unspecified atom stereocenters. The maximum absolute atomic E-state index is 12.6. The van der Waals surface area contributed by atoms with Crippen molar-refractivity contribution in [2.24, 2.45) is 0 Å². The van der Waals surface area contributed by atoms with Gasteiger partial charge in [0, 0.05) is 5.69 Å². The van der Waals surface area contributed by atoms with Gasteiger partial charge in [-0.05, 0) is 55.7 Å². The highest BCUT2D eigenvalue weighted by Crippen LogP contribution is 2.19. The highest BCUT2D eigenvalue weighted by molar-refractivity contribution is 6.03. The first kappa shape index (κ1) is 17.8. The number of aliphatic hydroxyl groups is 1. The summed E-state index contributed by atoms with van der Waals surface area (Å²) < 4.78 is 1.65. The van der Waals surface area contributed by atoms with E-state index < -0.39 is 6.10 Å². The van der Waals surface area contributed by atoms with Crippen molar-refractivity contribution < 1.29 is 9.90 Å². The first-order valence-electron chi connectivity index (χ1n) is 8.60. The van der Waals surface area contributed by atoms with Gasteiger partial charge in [-0.15, -0.1) is 5.10 Å². The number of hydrogen-bond donors (Lipinski definition) is 2. The van der Waals surface area contributed by atoms with Crippen LogP contribution in [0.4, 0.5) is 5.69 Å². The summed E-state index contributed by atoms with van der Waals surface area (Å²) in [4.78, 5) is 12.6. The zero-order valence-corrected chi connectivity index (χ0v) is 15.1. The van der Waals surface area contributed by atoms with Gasteiger partial charge in [-0.3, -0.25) is 4.79 Å². The Morgan fingerprint density at radius 3 is 2.62 bits per heavy atom. The average molecular weight is 350 g/mol. The molecule has 0 aliphatic heterocycles. The number of aliphatic hydroxyl groups excluding tert-OH is 1. The van der Waals surface area contributed by atoms with Crippen LogP contribution in [0.25, 0.3) is 5.69 Å². The second kappa shape index (κ2) is 7.49. The summed E-state index contributed by atoms with van der Waals surface area (Å²) in [6.45, 7) is 5.60. The predicted molar refractivity (Wildman–Crippen MR) is 101 cm³/mol. The van der Waals surface area contributed by atoms with Gasteiger partial charge >= 0.3 is 0 Å². The van der Waals surface area contributed by atoms with E-state index in [0.29, 0.717) is 11.4 Å². The van der Waals surface area contributed by atoms with Crippen LogP contribution in [0.2, 0.25) is 0 Å². The van der Waals surface area contributed by atoms with Crippen LogP contribution in [0.1, 0.15) is 47.3 Å². The summed E-state index contributed by atoms with van der Waals surface area (Å²) in [5.74, 6) is -0.332. The molecule has 134 valence electrons. The molecule has 0 bridgehead atoms. The summed E-state index contributed by atoms with van der Waals surface area (Å²) >= 11 is 0. The number of aryl methyl sites for hydroxylation is 1. The van der Waals surface area contributed by atoms with Crippen molar-refractivity contribution in [2.75, 3.05) is 5.32 Å². The van der Waals surface area contributed by atoms with Crippen LogP contribution in [0, 0.1) is 6.92 Å². The second-order valence-corrected chi connectivity index (χ2v) is 6.21. The smallest absolute Gasteiger partial charge is 0.278 e. The van der Waals surface area contributed by atoms with E-state index >= 15 is 0 Å². The molecule has 1 heterocycles. The van der Waals surface area contributed by atoms with E-state index in [0.717, 1.165) is 17.7 Å². The van der Waals surface area contributed by atoms with Crippen LogP contribution >= 0.6 is 0 Å². The van der Waals surface area contributed by atoms with Gasteiger partial charge in [0.15, 0.2) is 5.69 Å². The molecule has 2 N–H and O–H groups in total. The number of nitrogens with zero attached hydrogens (tertiary/aromatic N) is 3. The van der Waals surface area contributed by atoms with E-state index in [1.165, 1.54) is 5.56 Å². The Kier molecular flexibility index (Phi) is 5.14. The third-order valence-electron chi connectivity index (χ3n) is 4.33. The van der Waals surface area contributed by atoms with Crippen LogP contribution in [-0.4, -0.2) is 26.0 Å². The minimum absolute atomic E-state index is 0.270. The quantitative estimate of drug-likeness (QED) is 0.739. The van der Waals surface area contributed by atoms with E-state index in [2.05, 4.69) is 22.6 Å². The molecule has 0 saturated carbocycles. The molecule has 0 aliphatic carbocycles. The summed E-state index contributed by atoms with van der Waals surface area (Å²) in [5.41, 5.74) is 4.38. The van der Waals surface area contributed by atoms with Gasteiger partial charge in [0.1, 0.15) is 0 Å². The molecule has 1 atom stereocenters. The lowest BCUT2D eigenvalue weighted by Gasteiger charge is -2.09. The molecular weight excluding hydrogens is 328 g/mol. The fourth-order valence-corrected chi connectivity index (χ4v) is 2.72. The van der Waals surface area contributed by atoms with Crippen molar-refractivity contribution in [3.63, 3.8) is 0 Å². The van der Waals surface area contributed by atoms with E-state index in [1.54, 1.807) is 29.8 Å². The van der Waals surface area contributed by atoms with Crippen molar-refractivity contribution in [3.05, 3.63) is 71.0 Å². The highest BCUT2D eigenvalue weighted by Gasteiger charge is 2.17. The highest BCUT2D eigenvalue weighted by atomic mass is 16.3. The van der Waals surface area contributed by atoms with Gasteiger partial charge in [0.25, 0.3) is 5.91 Å². The molecule has 0 fully saturated rings. The summed E-state index contributed by atoms with van der Waals surface area (Å²) in [5, 5.41) is 20.6. The maximum Gasteiger partial charge on any atom is 0.278 e. The number of nitrogens with one attached hydrogen (secondary N) is 1. The lowest BCUT2D eigenvalue weighted by atomic mass is 10.1. The number of amides is 1. The predicted octanol–water partition coefficient (Wildman–Crippen LogP) is 3.44. The zero-order valence-electron chi connectivity index (χ0n) is 15.1. The number of hydrogen-bond acceptors (Lipinski definition) is 4. The molecule has 6 nitrogen and oxygen atoms in total. The van der Waals surface area contributed by atoms with Gasteiger partial charge in [-0.1, -0.05) is 36.4 Å². The molecule has 26 heavy (non-hydrogen) atoms. The largest absolute Gasteiger partial charge is 0.389 e. The van der Waals surface area contributed by atoms with Crippen molar-refractivity contribution in [3.8, 4) is 5.69 Å². The Balaban J connectivity index is 1.82. The lowest BCUT2D eigenvalue weighted by molar-refractivity contribution is 0.102. The Morgan fingerprint density at radius 2 is 1.96 bits per heavy atom. The molecule has 3 aromatic rings. The molecule has 0 saturated heterocycles. The van der Waals surface area contributed by atoms with Crippen LogP contribution in [-0.2, 0) is 6.42 Å². The number of carbonyl (C=O) groups excluding carboxylic acids is 1. The Hall–Kier alpha value is -2.99. The fourth-order valence-electron chi connectivity index (χ4n) is 2.72. The van der Waals surface area contributed by atoms with E-state index in [1.807, 2.05) is 37.3 Å². The molecule has 0 radical (unpaired) electrons. The van der Waals surface area contributed by atoms with Gasteiger partial charge in [0.2, 0.25) is 0 Å². The van der Waals surface area contributed by atoms with Crippen LogP contribution in [0.15, 0.2) is 48.5 Å². The van der Waals surface area contributed by atoms with Crippen molar-refractivity contribution >= 4 is 11.6 Å². The van der Waals surface area contributed by atoms with Crippen LogP contribution in [0.5, 0.6) is 0 Å². The molecule has 1 amide bonds. The number of aromatic nitrogens is 3. The molecular formula is C20H22N4O2. The third kappa shape index (κ3) is 3.65. The van der Waals surface area contributed by atoms with Gasteiger partial charge in [-0.25, -0.2) is 4.68 Å². The van der Waals surface area contributed by atoms with E-state index in [9.17, 15) is 9.90 Å². The average Bonchev–Trinajstić information content (AvgIpc) is 3.03. The summed E-state index contributed by atoms with van der Waals surface area (Å²) in [7, 11) is 0. The monoisotopic (exact) mass is 350 g/mol. The lowest BCUT2D eigenvalue weighted by Crippen LogP contribution is -2.14. The first-order valence-corrected chi connectivity index (χ1v) is 8.60. The fraction of sp³-hybridized carbons (Fsp3) is 0.250. The van der Waals surface area contributed by atoms with E-state index in [4.69, 9.17) is 0 Å². The molecule has 2 aromatic carbocycles. The van der Waals surface area contributed by atoms with Gasteiger partial charge in [-0.2, -0.15) is 0 Å². The Morgan fingerprint density at radius 1 is 1.23 bits per heavy atom. The first-order chi connectivity index (χ1) is 12.5. The van der Waals surface area contributed by atoms with Crippen molar-refractivity contribution in [1.82, 2.24) is 15.0 Å². The third-order valence-corrected chi connectivity index (χ3v) is 4.33. The second-order valence-electron chi connectivity index (χ2n) is 6.21. The topological polar surface area (TPSA) is 80.0 Å². The minimum atomic E-state index is -0.597. The number of rotatable bonds is 5. The van der Waals surface area contributed by atoms with Crippen LogP contribution < -0.4 is 5.32 Å². The molecule has 0 aliphatic rings. The van der Waals surface area contributed by atoms with Gasteiger partial charge < -0.3 is 10.4 Å². The van der Waals surface area contributed by atoms with E-state index in [-0.39, 0.29) is 11.6 Å². The number of anilines is 1. The standard InChI is InChI=1S/C20H22N4O2/c1-4-15-8-10-18(11-9-15)24-13(2)19(22-23-24)20(26)21-17-7-5-6-16(12-17)14(3)25/h5-12,14,25H,4H2,1-3H3,(H,21,26). The van der Waals surface area contributed by atoms with Crippen molar-refractivity contribution in [2.45, 2.75) is 33.3 Å². The number of benzene rings is 2. The minimum Gasteiger partial charge on any atom is -0.389 e. The number of carbonyl (C=O) groups is 1. The van der Waals surface area contributed by atoms with Crippen LogP contribution in [0.3, 0.4) is 0 Å². The van der Waals surface area contributed by atoms with Crippen molar-refractivity contribution in [1.29, 1.82) is 0 Å². The molecule has 0 spiro atoms. The Labute approximate surface area is 152 Å². The molecule has 1 aromatic heterocycles. The summed E-state index contributed by atoms with van der Waals surface area (Å²) in [6, 6.07) is 15.1. The maximum atomic E-state index is 12.6. The molecule has 3 rings (SSSR count). The summed E-state index contributed by atoms with van der Waals surface area (Å²) in [6.07, 6.45) is 0.371. The SMILES string of the molecule is CCc1ccc(-n2nnc(C(=O)Nc3cccc(C(C)O)c3)c2C)cc1. The Bertz CT molecular complexity index is 914. The van der Waals surface area contributed by atoms with Gasteiger partial charge in [0.05, 0.1) is 17.5 Å². The molecule has 6 heteroatoms.